The normalized spacial score (nSPS) is 12.7. The molecule has 16 heavy (non-hydrogen) atoms. The van der Waals surface area contributed by atoms with Gasteiger partial charge in [0.15, 0.2) is 0 Å². The molecule has 1 heterocycles. The third-order valence-electron chi connectivity index (χ3n) is 2.45. The number of aliphatic hydroxyl groups is 1. The molecule has 0 bridgehead atoms. The smallest absolute Gasteiger partial charge is 0.108 e. The molecule has 2 N–H and O–H groups in total. The van der Waals surface area contributed by atoms with Crippen molar-refractivity contribution in [1.29, 1.82) is 0 Å². The van der Waals surface area contributed by atoms with Crippen molar-refractivity contribution < 1.29 is 5.11 Å². The van der Waals surface area contributed by atoms with E-state index < -0.39 is 6.10 Å². The van der Waals surface area contributed by atoms with Crippen LogP contribution in [-0.4, -0.2) is 15.1 Å². The topological polar surface area (TPSA) is 48.9 Å². The zero-order chi connectivity index (χ0) is 11.5. The van der Waals surface area contributed by atoms with E-state index in [1.165, 1.54) is 0 Å². The number of aromatic amines is 1. The second-order valence-corrected chi connectivity index (χ2v) is 4.19. The van der Waals surface area contributed by atoms with Crippen molar-refractivity contribution in [3.05, 3.63) is 52.6 Å². The number of aryl methyl sites for hydroxylation is 1. The van der Waals surface area contributed by atoms with Gasteiger partial charge in [-0.2, -0.15) is 0 Å². The second kappa shape index (κ2) is 4.68. The summed E-state index contributed by atoms with van der Waals surface area (Å²) >= 11 is 6.04. The first-order chi connectivity index (χ1) is 7.66. The molecule has 1 aromatic heterocycles. The molecule has 0 radical (unpaired) electrons. The standard InChI is InChI=1S/C12H13ClN2O/c1-8-2-3-10(13)9(6-8)11(16)7-12-14-4-5-15-12/h2-6,11,16H,7H2,1H3,(H,14,15). The number of hydrogen-bond acceptors (Lipinski definition) is 2. The zero-order valence-electron chi connectivity index (χ0n) is 8.94. The van der Waals surface area contributed by atoms with Gasteiger partial charge >= 0.3 is 0 Å². The van der Waals surface area contributed by atoms with Crippen LogP contribution < -0.4 is 0 Å². The maximum atomic E-state index is 10.1. The maximum Gasteiger partial charge on any atom is 0.108 e. The van der Waals surface area contributed by atoms with E-state index in [-0.39, 0.29) is 0 Å². The first-order valence-electron chi connectivity index (χ1n) is 5.09. The number of nitrogens with one attached hydrogen (secondary N) is 1. The Kier molecular flexibility index (Phi) is 3.27. The molecule has 1 aromatic carbocycles. The van der Waals surface area contributed by atoms with Crippen LogP contribution >= 0.6 is 11.6 Å². The molecule has 0 spiro atoms. The molecule has 0 amide bonds. The maximum absolute atomic E-state index is 10.1. The average molecular weight is 237 g/mol. The number of imidazole rings is 1. The van der Waals surface area contributed by atoms with Gasteiger partial charge in [-0.15, -0.1) is 0 Å². The van der Waals surface area contributed by atoms with Gasteiger partial charge < -0.3 is 10.1 Å². The number of nitrogens with zero attached hydrogens (tertiary/aromatic N) is 1. The summed E-state index contributed by atoms with van der Waals surface area (Å²) in [5.41, 5.74) is 1.83. The predicted octanol–water partition coefficient (Wildman–Crippen LogP) is 2.65. The molecule has 1 atom stereocenters. The molecular formula is C12H13ClN2O. The number of hydrogen-bond donors (Lipinski definition) is 2. The number of aromatic nitrogens is 2. The van der Waals surface area contributed by atoms with E-state index in [0.717, 1.165) is 17.0 Å². The van der Waals surface area contributed by atoms with E-state index in [1.54, 1.807) is 18.5 Å². The van der Waals surface area contributed by atoms with E-state index in [1.807, 2.05) is 19.1 Å². The van der Waals surface area contributed by atoms with Gasteiger partial charge in [0.2, 0.25) is 0 Å². The Morgan fingerprint density at radius 3 is 3.00 bits per heavy atom. The van der Waals surface area contributed by atoms with E-state index in [9.17, 15) is 5.11 Å². The van der Waals surface area contributed by atoms with Gasteiger partial charge in [0.25, 0.3) is 0 Å². The van der Waals surface area contributed by atoms with Crippen molar-refractivity contribution >= 4 is 11.6 Å². The van der Waals surface area contributed by atoms with Gasteiger partial charge in [-0.05, 0) is 18.6 Å². The highest BCUT2D eigenvalue weighted by atomic mass is 35.5. The summed E-state index contributed by atoms with van der Waals surface area (Å²) in [5.74, 6) is 0.755. The minimum atomic E-state index is -0.626. The monoisotopic (exact) mass is 236 g/mol. The Labute approximate surface area is 99.1 Å². The largest absolute Gasteiger partial charge is 0.388 e. The third-order valence-corrected chi connectivity index (χ3v) is 2.80. The molecule has 0 fully saturated rings. The number of benzene rings is 1. The summed E-state index contributed by atoms with van der Waals surface area (Å²) in [6.45, 7) is 1.97. The third kappa shape index (κ3) is 2.43. The van der Waals surface area contributed by atoms with Gasteiger partial charge in [-0.1, -0.05) is 29.3 Å². The van der Waals surface area contributed by atoms with Gasteiger partial charge in [0, 0.05) is 23.8 Å². The molecule has 1 unspecified atom stereocenters. The van der Waals surface area contributed by atoms with Crippen LogP contribution in [0.2, 0.25) is 5.02 Å². The first-order valence-corrected chi connectivity index (χ1v) is 5.47. The van der Waals surface area contributed by atoms with Crippen molar-refractivity contribution in [3.8, 4) is 0 Å². The lowest BCUT2D eigenvalue weighted by Crippen LogP contribution is -2.04. The highest BCUT2D eigenvalue weighted by Crippen LogP contribution is 2.25. The Morgan fingerprint density at radius 1 is 1.50 bits per heavy atom. The van der Waals surface area contributed by atoms with Crippen LogP contribution in [0.4, 0.5) is 0 Å². The molecule has 0 aliphatic carbocycles. The fraction of sp³-hybridized carbons (Fsp3) is 0.250. The number of rotatable bonds is 3. The van der Waals surface area contributed by atoms with Crippen LogP contribution in [0.5, 0.6) is 0 Å². The Bertz CT molecular complexity index is 468. The molecule has 3 nitrogen and oxygen atoms in total. The van der Waals surface area contributed by atoms with E-state index in [2.05, 4.69) is 9.97 Å². The van der Waals surface area contributed by atoms with Gasteiger partial charge in [0.1, 0.15) is 5.82 Å². The molecule has 0 aliphatic heterocycles. The summed E-state index contributed by atoms with van der Waals surface area (Å²) in [6, 6.07) is 5.62. The lowest BCUT2D eigenvalue weighted by molar-refractivity contribution is 0.176. The van der Waals surface area contributed by atoms with E-state index in [4.69, 9.17) is 11.6 Å². The molecule has 0 saturated heterocycles. The minimum absolute atomic E-state index is 0.441. The average Bonchev–Trinajstić information content (AvgIpc) is 2.74. The SMILES string of the molecule is Cc1ccc(Cl)c(C(O)Cc2ncc[nH]2)c1. The van der Waals surface area contributed by atoms with Crippen molar-refractivity contribution in [2.24, 2.45) is 0 Å². The summed E-state index contributed by atoms with van der Waals surface area (Å²) in [7, 11) is 0. The molecule has 84 valence electrons. The highest BCUT2D eigenvalue weighted by molar-refractivity contribution is 6.31. The molecule has 0 saturated carbocycles. The Balaban J connectivity index is 2.20. The predicted molar refractivity (Wildman–Crippen MR) is 63.4 cm³/mol. The fourth-order valence-corrected chi connectivity index (χ4v) is 1.86. The van der Waals surface area contributed by atoms with Gasteiger partial charge in [0.05, 0.1) is 6.10 Å². The molecular weight excluding hydrogens is 224 g/mol. The first kappa shape index (κ1) is 11.2. The molecule has 2 rings (SSSR count). The van der Waals surface area contributed by atoms with Crippen molar-refractivity contribution in [3.63, 3.8) is 0 Å². The fourth-order valence-electron chi connectivity index (χ4n) is 1.62. The summed E-state index contributed by atoms with van der Waals surface area (Å²) in [4.78, 5) is 7.03. The van der Waals surface area contributed by atoms with E-state index in [0.29, 0.717) is 11.4 Å². The quantitative estimate of drug-likeness (QED) is 0.861. The van der Waals surface area contributed by atoms with Crippen LogP contribution in [0.15, 0.2) is 30.6 Å². The Morgan fingerprint density at radius 2 is 2.31 bits per heavy atom. The number of halogens is 1. The summed E-state index contributed by atoms with van der Waals surface area (Å²) in [5, 5.41) is 10.6. The van der Waals surface area contributed by atoms with Crippen LogP contribution in [0, 0.1) is 6.92 Å². The van der Waals surface area contributed by atoms with Crippen molar-refractivity contribution in [2.45, 2.75) is 19.4 Å². The molecule has 2 aromatic rings. The van der Waals surface area contributed by atoms with Gasteiger partial charge in [-0.3, -0.25) is 0 Å². The lowest BCUT2D eigenvalue weighted by Gasteiger charge is -2.12. The number of H-pyrrole nitrogens is 1. The van der Waals surface area contributed by atoms with E-state index >= 15 is 0 Å². The second-order valence-electron chi connectivity index (χ2n) is 3.78. The minimum Gasteiger partial charge on any atom is -0.388 e. The summed E-state index contributed by atoms with van der Waals surface area (Å²) < 4.78 is 0. The van der Waals surface area contributed by atoms with Crippen LogP contribution in [-0.2, 0) is 6.42 Å². The summed E-state index contributed by atoms with van der Waals surface area (Å²) in [6.07, 6.45) is 3.22. The van der Waals surface area contributed by atoms with Crippen molar-refractivity contribution in [1.82, 2.24) is 9.97 Å². The number of aliphatic hydroxyl groups excluding tert-OH is 1. The lowest BCUT2D eigenvalue weighted by atomic mass is 10.0. The van der Waals surface area contributed by atoms with Crippen LogP contribution in [0.1, 0.15) is 23.1 Å². The highest BCUT2D eigenvalue weighted by Gasteiger charge is 2.13. The molecule has 4 heteroatoms. The van der Waals surface area contributed by atoms with Crippen LogP contribution in [0.3, 0.4) is 0 Å². The van der Waals surface area contributed by atoms with Crippen LogP contribution in [0.25, 0.3) is 0 Å². The molecule has 0 aliphatic rings. The van der Waals surface area contributed by atoms with Gasteiger partial charge in [-0.25, -0.2) is 4.98 Å². The van der Waals surface area contributed by atoms with Crippen molar-refractivity contribution in [2.75, 3.05) is 0 Å². The zero-order valence-corrected chi connectivity index (χ0v) is 9.70. The Hall–Kier alpha value is -1.32.